The SMILES string of the molecule is Brc1ccc(-c2ccc3c(c2)OCO3)nn1. The van der Waals surface area contributed by atoms with Gasteiger partial charge in [-0.15, -0.1) is 10.2 Å². The fourth-order valence-corrected chi connectivity index (χ4v) is 1.74. The first kappa shape index (κ1) is 9.59. The number of hydrogen-bond donors (Lipinski definition) is 0. The van der Waals surface area contributed by atoms with E-state index in [1.807, 2.05) is 30.3 Å². The van der Waals surface area contributed by atoms with Gasteiger partial charge >= 0.3 is 0 Å². The molecule has 0 saturated heterocycles. The van der Waals surface area contributed by atoms with Gasteiger partial charge in [0.05, 0.1) is 5.69 Å². The van der Waals surface area contributed by atoms with E-state index in [4.69, 9.17) is 9.47 Å². The van der Waals surface area contributed by atoms with Gasteiger partial charge in [-0.05, 0) is 46.3 Å². The summed E-state index contributed by atoms with van der Waals surface area (Å²) in [6.45, 7) is 0.283. The Bertz CT molecular complexity index is 528. The molecule has 0 aliphatic carbocycles. The molecule has 0 amide bonds. The molecule has 0 saturated carbocycles. The highest BCUT2D eigenvalue weighted by Gasteiger charge is 2.14. The molecule has 16 heavy (non-hydrogen) atoms. The van der Waals surface area contributed by atoms with E-state index in [0.29, 0.717) is 0 Å². The van der Waals surface area contributed by atoms with Crippen molar-refractivity contribution in [3.05, 3.63) is 34.9 Å². The predicted molar refractivity (Wildman–Crippen MR) is 61.3 cm³/mol. The average Bonchev–Trinajstić information content (AvgIpc) is 2.77. The van der Waals surface area contributed by atoms with E-state index >= 15 is 0 Å². The minimum atomic E-state index is 0.283. The fraction of sp³-hybridized carbons (Fsp3) is 0.0909. The van der Waals surface area contributed by atoms with Gasteiger partial charge in [0.2, 0.25) is 6.79 Å². The van der Waals surface area contributed by atoms with Crippen LogP contribution in [0, 0.1) is 0 Å². The average molecular weight is 279 g/mol. The van der Waals surface area contributed by atoms with Crippen LogP contribution in [-0.4, -0.2) is 17.0 Å². The summed E-state index contributed by atoms with van der Waals surface area (Å²) in [4.78, 5) is 0. The second-order valence-corrected chi connectivity index (χ2v) is 4.12. The van der Waals surface area contributed by atoms with Gasteiger partial charge in [-0.3, -0.25) is 0 Å². The quantitative estimate of drug-likeness (QED) is 0.805. The van der Waals surface area contributed by atoms with Crippen molar-refractivity contribution in [2.75, 3.05) is 6.79 Å². The topological polar surface area (TPSA) is 44.2 Å². The van der Waals surface area contributed by atoms with Crippen LogP contribution in [0.1, 0.15) is 0 Å². The lowest BCUT2D eigenvalue weighted by atomic mass is 10.1. The molecule has 4 nitrogen and oxygen atoms in total. The van der Waals surface area contributed by atoms with Gasteiger partial charge in [-0.1, -0.05) is 0 Å². The summed E-state index contributed by atoms with van der Waals surface area (Å²) in [6, 6.07) is 9.47. The number of rotatable bonds is 1. The van der Waals surface area contributed by atoms with E-state index in [2.05, 4.69) is 26.1 Å². The Balaban J connectivity index is 2.03. The van der Waals surface area contributed by atoms with Crippen LogP contribution in [-0.2, 0) is 0 Å². The minimum Gasteiger partial charge on any atom is -0.454 e. The Labute approximate surface area is 100 Å². The Kier molecular flexibility index (Phi) is 2.25. The van der Waals surface area contributed by atoms with Crippen molar-refractivity contribution >= 4 is 15.9 Å². The standard InChI is InChI=1S/C11H7BrN2O2/c12-11-4-2-8(13-14-11)7-1-3-9-10(5-7)16-6-15-9/h1-5H,6H2. The molecule has 0 N–H and O–H groups in total. The van der Waals surface area contributed by atoms with Gasteiger partial charge in [-0.2, -0.15) is 0 Å². The first-order chi connectivity index (χ1) is 7.83. The molecular weight excluding hydrogens is 272 g/mol. The monoisotopic (exact) mass is 278 g/mol. The Morgan fingerprint density at radius 3 is 2.69 bits per heavy atom. The Hall–Kier alpha value is -1.62. The van der Waals surface area contributed by atoms with Crippen molar-refractivity contribution in [2.45, 2.75) is 0 Å². The lowest BCUT2D eigenvalue weighted by molar-refractivity contribution is 0.174. The molecule has 0 bridgehead atoms. The number of hydrogen-bond acceptors (Lipinski definition) is 4. The molecule has 80 valence electrons. The summed E-state index contributed by atoms with van der Waals surface area (Å²) in [5.74, 6) is 1.52. The summed E-state index contributed by atoms with van der Waals surface area (Å²) in [7, 11) is 0. The van der Waals surface area contributed by atoms with E-state index in [9.17, 15) is 0 Å². The lowest BCUT2D eigenvalue weighted by Crippen LogP contribution is -1.92. The number of aromatic nitrogens is 2. The van der Waals surface area contributed by atoms with Crippen molar-refractivity contribution in [3.8, 4) is 22.8 Å². The highest BCUT2D eigenvalue weighted by molar-refractivity contribution is 9.10. The van der Waals surface area contributed by atoms with E-state index in [0.717, 1.165) is 27.4 Å². The number of nitrogens with zero attached hydrogens (tertiary/aromatic N) is 2. The molecule has 0 unspecified atom stereocenters. The maximum atomic E-state index is 5.30. The third kappa shape index (κ3) is 1.63. The zero-order valence-corrected chi connectivity index (χ0v) is 9.77. The van der Waals surface area contributed by atoms with E-state index < -0.39 is 0 Å². The van der Waals surface area contributed by atoms with Gasteiger partial charge in [0, 0.05) is 5.56 Å². The number of ether oxygens (including phenoxy) is 2. The van der Waals surface area contributed by atoms with E-state index in [-0.39, 0.29) is 6.79 Å². The Morgan fingerprint density at radius 1 is 1.00 bits per heavy atom. The molecule has 0 spiro atoms. The van der Waals surface area contributed by atoms with Gasteiger partial charge < -0.3 is 9.47 Å². The summed E-state index contributed by atoms with van der Waals surface area (Å²) < 4.78 is 11.3. The Morgan fingerprint density at radius 2 is 1.88 bits per heavy atom. The lowest BCUT2D eigenvalue weighted by Gasteiger charge is -2.01. The van der Waals surface area contributed by atoms with Gasteiger partial charge in [0.1, 0.15) is 4.60 Å². The molecule has 2 heterocycles. The fourth-order valence-electron chi connectivity index (χ4n) is 1.53. The van der Waals surface area contributed by atoms with Crippen molar-refractivity contribution < 1.29 is 9.47 Å². The largest absolute Gasteiger partial charge is 0.454 e. The van der Waals surface area contributed by atoms with Crippen LogP contribution in [0.3, 0.4) is 0 Å². The minimum absolute atomic E-state index is 0.283. The first-order valence-corrected chi connectivity index (χ1v) is 5.51. The predicted octanol–water partition coefficient (Wildman–Crippen LogP) is 2.63. The van der Waals surface area contributed by atoms with E-state index in [1.54, 1.807) is 0 Å². The summed E-state index contributed by atoms with van der Waals surface area (Å²) in [5, 5.41) is 8.02. The van der Waals surface area contributed by atoms with Crippen LogP contribution in [0.2, 0.25) is 0 Å². The molecule has 2 aromatic rings. The van der Waals surface area contributed by atoms with Crippen molar-refractivity contribution in [2.24, 2.45) is 0 Å². The molecule has 0 radical (unpaired) electrons. The van der Waals surface area contributed by atoms with Crippen LogP contribution in [0.5, 0.6) is 11.5 Å². The number of benzene rings is 1. The highest BCUT2D eigenvalue weighted by atomic mass is 79.9. The van der Waals surface area contributed by atoms with Gasteiger partial charge in [-0.25, -0.2) is 0 Å². The van der Waals surface area contributed by atoms with Gasteiger partial charge in [0.25, 0.3) is 0 Å². The number of halogens is 1. The van der Waals surface area contributed by atoms with Crippen molar-refractivity contribution in [3.63, 3.8) is 0 Å². The third-order valence-corrected chi connectivity index (χ3v) is 2.72. The van der Waals surface area contributed by atoms with Crippen LogP contribution in [0.15, 0.2) is 34.9 Å². The third-order valence-electron chi connectivity index (χ3n) is 2.30. The zero-order chi connectivity index (χ0) is 11.0. The zero-order valence-electron chi connectivity index (χ0n) is 8.18. The second kappa shape index (κ2) is 3.75. The molecular formula is C11H7BrN2O2. The summed E-state index contributed by atoms with van der Waals surface area (Å²) >= 11 is 3.25. The maximum absolute atomic E-state index is 5.30. The van der Waals surface area contributed by atoms with Crippen LogP contribution < -0.4 is 9.47 Å². The smallest absolute Gasteiger partial charge is 0.231 e. The van der Waals surface area contributed by atoms with Crippen molar-refractivity contribution in [1.29, 1.82) is 0 Å². The number of fused-ring (bicyclic) bond motifs is 1. The normalized spacial score (nSPS) is 12.8. The van der Waals surface area contributed by atoms with E-state index in [1.165, 1.54) is 0 Å². The first-order valence-electron chi connectivity index (χ1n) is 4.72. The second-order valence-electron chi connectivity index (χ2n) is 3.31. The molecule has 3 rings (SSSR count). The molecule has 0 atom stereocenters. The van der Waals surface area contributed by atoms with Crippen LogP contribution >= 0.6 is 15.9 Å². The van der Waals surface area contributed by atoms with Gasteiger partial charge in [0.15, 0.2) is 11.5 Å². The molecule has 1 aromatic heterocycles. The molecule has 5 heteroatoms. The molecule has 1 aliphatic heterocycles. The maximum Gasteiger partial charge on any atom is 0.231 e. The van der Waals surface area contributed by atoms with Crippen LogP contribution in [0.4, 0.5) is 0 Å². The molecule has 0 fully saturated rings. The molecule has 1 aliphatic rings. The van der Waals surface area contributed by atoms with Crippen molar-refractivity contribution in [1.82, 2.24) is 10.2 Å². The summed E-state index contributed by atoms with van der Waals surface area (Å²) in [5.41, 5.74) is 1.77. The van der Waals surface area contributed by atoms with Crippen LogP contribution in [0.25, 0.3) is 11.3 Å². The molecule has 1 aromatic carbocycles. The summed E-state index contributed by atoms with van der Waals surface area (Å²) in [6.07, 6.45) is 0. The highest BCUT2D eigenvalue weighted by Crippen LogP contribution is 2.35.